The summed E-state index contributed by atoms with van der Waals surface area (Å²) >= 11 is 0. The zero-order valence-electron chi connectivity index (χ0n) is 15.7. The Morgan fingerprint density at radius 1 is 1.04 bits per heavy atom. The molecule has 0 bridgehead atoms. The largest absolute Gasteiger partial charge is 0.470 e. The van der Waals surface area contributed by atoms with Crippen LogP contribution in [0.2, 0.25) is 0 Å². The van der Waals surface area contributed by atoms with Crippen molar-refractivity contribution < 1.29 is 29.5 Å². The predicted octanol–water partition coefficient (Wildman–Crippen LogP) is 2.29. The van der Waals surface area contributed by atoms with E-state index in [9.17, 15) is 30.4 Å². The minimum atomic E-state index is -0.975. The fourth-order valence-corrected chi connectivity index (χ4v) is 3.30. The number of unbranched alkanes of at least 4 members (excludes halogenated alkanes) is 1. The summed E-state index contributed by atoms with van der Waals surface area (Å²) in [5, 5.41) is 41.2. The first-order valence-corrected chi connectivity index (χ1v) is 9.67. The maximum absolute atomic E-state index is 10.7. The Labute approximate surface area is 163 Å². The van der Waals surface area contributed by atoms with Crippen LogP contribution in [0.25, 0.3) is 0 Å². The van der Waals surface area contributed by atoms with Crippen molar-refractivity contribution in [3.05, 3.63) is 44.2 Å². The summed E-state index contributed by atoms with van der Waals surface area (Å²) in [7, 11) is 0. The Kier molecular flexibility index (Phi) is 8.81. The van der Waals surface area contributed by atoms with E-state index in [4.69, 9.17) is 9.47 Å². The molecule has 0 heterocycles. The monoisotopic (exact) mass is 400 g/mol. The molecule has 0 spiro atoms. The van der Waals surface area contributed by atoms with E-state index < -0.39 is 24.7 Å². The van der Waals surface area contributed by atoms with Gasteiger partial charge in [0.15, 0.2) is 12.6 Å². The van der Waals surface area contributed by atoms with E-state index >= 15 is 0 Å². The summed E-state index contributed by atoms with van der Waals surface area (Å²) in [4.78, 5) is 20.8. The van der Waals surface area contributed by atoms with Crippen LogP contribution in [0.1, 0.15) is 57.8 Å². The topological polar surface area (TPSA) is 145 Å². The van der Waals surface area contributed by atoms with Crippen molar-refractivity contribution in [3.8, 4) is 0 Å². The van der Waals surface area contributed by atoms with Crippen molar-refractivity contribution in [2.45, 2.75) is 88.6 Å². The first kappa shape index (κ1) is 22.3. The molecule has 2 rings (SSSR count). The van der Waals surface area contributed by atoms with Gasteiger partial charge in [0.1, 0.15) is 0 Å². The van der Waals surface area contributed by atoms with Gasteiger partial charge in [-0.2, -0.15) is 0 Å². The SMILES string of the molecule is O=[N+]([O-])C1C=CC(OC(O)CCCCC(O)OC2=CCC([N+](=O)[O-])CC2)CC1. The summed E-state index contributed by atoms with van der Waals surface area (Å²) in [6.45, 7) is 0. The van der Waals surface area contributed by atoms with Crippen molar-refractivity contribution in [1.82, 2.24) is 0 Å². The van der Waals surface area contributed by atoms with Crippen molar-refractivity contribution in [1.29, 1.82) is 0 Å². The molecule has 0 aliphatic heterocycles. The van der Waals surface area contributed by atoms with Crippen LogP contribution < -0.4 is 0 Å². The van der Waals surface area contributed by atoms with Crippen LogP contribution in [0, 0.1) is 20.2 Å². The maximum Gasteiger partial charge on any atom is 0.231 e. The second kappa shape index (κ2) is 11.1. The number of hydrogen-bond donors (Lipinski definition) is 2. The average Bonchev–Trinajstić information content (AvgIpc) is 2.66. The molecule has 0 aromatic carbocycles. The zero-order valence-corrected chi connectivity index (χ0v) is 15.7. The van der Waals surface area contributed by atoms with E-state index in [1.54, 1.807) is 12.2 Å². The molecule has 28 heavy (non-hydrogen) atoms. The minimum Gasteiger partial charge on any atom is -0.470 e. The molecule has 2 aliphatic rings. The lowest BCUT2D eigenvalue weighted by Gasteiger charge is -2.22. The predicted molar refractivity (Wildman–Crippen MR) is 98.3 cm³/mol. The van der Waals surface area contributed by atoms with Crippen molar-refractivity contribution in [3.63, 3.8) is 0 Å². The summed E-state index contributed by atoms with van der Waals surface area (Å²) in [5.74, 6) is 0.589. The average molecular weight is 400 g/mol. The van der Waals surface area contributed by atoms with Gasteiger partial charge in [-0.3, -0.25) is 20.2 Å². The Morgan fingerprint density at radius 2 is 1.75 bits per heavy atom. The third-order valence-electron chi connectivity index (χ3n) is 4.98. The molecule has 0 radical (unpaired) electrons. The van der Waals surface area contributed by atoms with Gasteiger partial charge >= 0.3 is 0 Å². The molecule has 158 valence electrons. The second-order valence-electron chi connectivity index (χ2n) is 7.19. The van der Waals surface area contributed by atoms with Gasteiger partial charge in [-0.05, 0) is 37.8 Å². The second-order valence-corrected chi connectivity index (χ2v) is 7.19. The van der Waals surface area contributed by atoms with Crippen LogP contribution in [-0.2, 0) is 9.47 Å². The molecule has 2 N–H and O–H groups in total. The van der Waals surface area contributed by atoms with Crippen molar-refractivity contribution in [2.75, 3.05) is 0 Å². The van der Waals surface area contributed by atoms with Crippen LogP contribution in [-0.4, -0.2) is 50.8 Å². The highest BCUT2D eigenvalue weighted by molar-refractivity contribution is 5.00. The molecular weight excluding hydrogens is 372 g/mol. The van der Waals surface area contributed by atoms with E-state index in [2.05, 4.69) is 0 Å². The molecule has 0 aromatic rings. The molecule has 0 aromatic heterocycles. The molecule has 10 nitrogen and oxygen atoms in total. The van der Waals surface area contributed by atoms with Gasteiger partial charge in [0.25, 0.3) is 0 Å². The van der Waals surface area contributed by atoms with Gasteiger partial charge in [-0.15, -0.1) is 0 Å². The van der Waals surface area contributed by atoms with Crippen molar-refractivity contribution >= 4 is 0 Å². The normalized spacial score (nSPS) is 26.9. The first-order valence-electron chi connectivity index (χ1n) is 9.67. The third-order valence-corrected chi connectivity index (χ3v) is 4.98. The fourth-order valence-electron chi connectivity index (χ4n) is 3.30. The van der Waals surface area contributed by atoms with Gasteiger partial charge < -0.3 is 19.7 Å². The van der Waals surface area contributed by atoms with Crippen LogP contribution in [0.15, 0.2) is 24.0 Å². The number of aliphatic hydroxyl groups excluding tert-OH is 2. The summed E-state index contributed by atoms with van der Waals surface area (Å²) in [5.41, 5.74) is 0. The Bertz CT molecular complexity index is 594. The number of allylic oxidation sites excluding steroid dienone is 1. The van der Waals surface area contributed by atoms with Gasteiger partial charge in [-0.25, -0.2) is 0 Å². The molecule has 0 saturated heterocycles. The van der Waals surface area contributed by atoms with Crippen LogP contribution in [0.3, 0.4) is 0 Å². The number of ether oxygens (including phenoxy) is 2. The zero-order chi connectivity index (χ0) is 20.5. The van der Waals surface area contributed by atoms with Crippen LogP contribution >= 0.6 is 0 Å². The smallest absolute Gasteiger partial charge is 0.231 e. The highest BCUT2D eigenvalue weighted by atomic mass is 16.6. The van der Waals surface area contributed by atoms with Crippen LogP contribution in [0.5, 0.6) is 0 Å². The lowest BCUT2D eigenvalue weighted by Crippen LogP contribution is -2.28. The molecule has 5 unspecified atom stereocenters. The van der Waals surface area contributed by atoms with Gasteiger partial charge in [-0.1, -0.05) is 6.08 Å². The third kappa shape index (κ3) is 7.53. The van der Waals surface area contributed by atoms with Crippen molar-refractivity contribution in [2.24, 2.45) is 0 Å². The van der Waals surface area contributed by atoms with Gasteiger partial charge in [0.05, 0.1) is 11.9 Å². The highest BCUT2D eigenvalue weighted by Crippen LogP contribution is 2.23. The highest BCUT2D eigenvalue weighted by Gasteiger charge is 2.26. The Morgan fingerprint density at radius 3 is 2.29 bits per heavy atom. The Hall–Kier alpha value is -2.04. The standard InChI is InChI=1S/C18H28N2O8/c21-17(27-15-9-5-13(6-10-15)19(23)24)3-1-2-4-18(22)28-16-11-7-14(8-12-16)20(25)26/h5,9,11,13-15,17-18,21-22H,1-4,6-8,10,12H2. The number of hydrogen-bond acceptors (Lipinski definition) is 8. The lowest BCUT2D eigenvalue weighted by molar-refractivity contribution is -0.523. The number of rotatable bonds is 11. The molecular formula is C18H28N2O8. The maximum atomic E-state index is 10.7. The fraction of sp³-hybridized carbons (Fsp3) is 0.778. The number of nitro groups is 2. The number of aliphatic hydroxyl groups is 2. The number of nitrogens with zero attached hydrogens (tertiary/aromatic N) is 2. The molecule has 5 atom stereocenters. The molecule has 2 aliphatic carbocycles. The molecule has 10 heteroatoms. The summed E-state index contributed by atoms with van der Waals surface area (Å²) < 4.78 is 10.9. The molecule has 0 amide bonds. The first-order chi connectivity index (χ1) is 13.3. The van der Waals surface area contributed by atoms with E-state index in [1.807, 2.05) is 0 Å². The molecule has 0 fully saturated rings. The summed E-state index contributed by atoms with van der Waals surface area (Å²) in [6.07, 6.45) is 6.62. The van der Waals surface area contributed by atoms with Crippen LogP contribution in [0.4, 0.5) is 0 Å². The minimum absolute atomic E-state index is 0.291. The van der Waals surface area contributed by atoms with Gasteiger partial charge in [0.2, 0.25) is 12.1 Å². The van der Waals surface area contributed by atoms with E-state index in [0.717, 1.165) is 0 Å². The van der Waals surface area contributed by atoms with E-state index in [0.29, 0.717) is 63.5 Å². The van der Waals surface area contributed by atoms with Gasteiger partial charge in [0, 0.05) is 42.0 Å². The lowest BCUT2D eigenvalue weighted by atomic mass is 10.0. The quantitative estimate of drug-likeness (QED) is 0.177. The van der Waals surface area contributed by atoms with E-state index in [1.165, 1.54) is 6.08 Å². The summed E-state index contributed by atoms with van der Waals surface area (Å²) in [6, 6.07) is -1.25. The van der Waals surface area contributed by atoms with E-state index in [-0.39, 0.29) is 16.0 Å². The Balaban J connectivity index is 1.56. The molecule has 0 saturated carbocycles.